The van der Waals surface area contributed by atoms with Crippen molar-refractivity contribution in [3.63, 3.8) is 0 Å². The summed E-state index contributed by atoms with van der Waals surface area (Å²) in [6.45, 7) is 3.26. The molecule has 0 saturated heterocycles. The molecule has 1 amide bonds. The number of sulfonamides is 1. The maximum atomic E-state index is 12.4. The molecule has 0 aromatic heterocycles. The van der Waals surface area contributed by atoms with Gasteiger partial charge in [-0.25, -0.2) is 17.9 Å². The minimum atomic E-state index is -3.67. The van der Waals surface area contributed by atoms with Gasteiger partial charge in [0.05, 0.1) is 4.90 Å². The van der Waals surface area contributed by atoms with E-state index in [0.29, 0.717) is 6.42 Å². The summed E-state index contributed by atoms with van der Waals surface area (Å²) in [5, 5.41) is 11.8. The third-order valence-electron chi connectivity index (χ3n) is 3.92. The van der Waals surface area contributed by atoms with Crippen LogP contribution >= 0.6 is 0 Å². The minimum absolute atomic E-state index is 0.00503. The first-order chi connectivity index (χ1) is 11.2. The van der Waals surface area contributed by atoms with E-state index in [1.54, 1.807) is 0 Å². The third kappa shape index (κ3) is 4.33. The summed E-state index contributed by atoms with van der Waals surface area (Å²) in [5.41, 5.74) is -1.29. The van der Waals surface area contributed by atoms with E-state index in [0.717, 1.165) is 12.8 Å². The predicted octanol–water partition coefficient (Wildman–Crippen LogP) is 1.50. The lowest BCUT2D eigenvalue weighted by molar-refractivity contribution is -0.144. The lowest BCUT2D eigenvalue weighted by Gasteiger charge is -2.25. The van der Waals surface area contributed by atoms with Crippen LogP contribution in [0.15, 0.2) is 29.2 Å². The Hall–Kier alpha value is -1.93. The van der Waals surface area contributed by atoms with Gasteiger partial charge in [0.2, 0.25) is 10.0 Å². The van der Waals surface area contributed by atoms with Crippen LogP contribution in [0.25, 0.3) is 0 Å². The molecule has 0 radical (unpaired) electrons. The molecule has 0 bridgehead atoms. The topological polar surface area (TPSA) is 113 Å². The van der Waals surface area contributed by atoms with E-state index >= 15 is 0 Å². The number of rotatable bonds is 8. The van der Waals surface area contributed by atoms with Crippen LogP contribution in [0.1, 0.15) is 49.9 Å². The minimum Gasteiger partial charge on any atom is -0.480 e. The Morgan fingerprint density at radius 1 is 1.33 bits per heavy atom. The van der Waals surface area contributed by atoms with E-state index in [1.807, 2.05) is 6.92 Å². The highest BCUT2D eigenvalue weighted by molar-refractivity contribution is 7.89. The molecule has 8 heteroatoms. The Morgan fingerprint density at radius 2 is 2.00 bits per heavy atom. The van der Waals surface area contributed by atoms with Crippen molar-refractivity contribution < 1.29 is 23.1 Å². The first-order valence-corrected chi connectivity index (χ1v) is 9.34. The van der Waals surface area contributed by atoms with Gasteiger partial charge in [-0.1, -0.05) is 19.4 Å². The van der Waals surface area contributed by atoms with E-state index < -0.39 is 27.4 Å². The van der Waals surface area contributed by atoms with Crippen molar-refractivity contribution in [2.45, 2.75) is 56.0 Å². The Balaban J connectivity index is 2.21. The smallest absolute Gasteiger partial charge is 0.329 e. The molecule has 24 heavy (non-hydrogen) atoms. The van der Waals surface area contributed by atoms with E-state index in [9.17, 15) is 23.1 Å². The van der Waals surface area contributed by atoms with Gasteiger partial charge in [0.25, 0.3) is 5.91 Å². The molecule has 0 spiro atoms. The highest BCUT2D eigenvalue weighted by Gasteiger charge is 2.34. The molecule has 0 heterocycles. The number of carboxylic acid groups (broad SMARTS) is 1. The number of carboxylic acids is 1. The van der Waals surface area contributed by atoms with E-state index in [4.69, 9.17) is 0 Å². The largest absolute Gasteiger partial charge is 0.480 e. The van der Waals surface area contributed by atoms with Crippen LogP contribution in [0, 0.1) is 0 Å². The van der Waals surface area contributed by atoms with Gasteiger partial charge in [0.1, 0.15) is 5.54 Å². The lowest BCUT2D eigenvalue weighted by atomic mass is 9.96. The van der Waals surface area contributed by atoms with Crippen LogP contribution in [-0.2, 0) is 14.8 Å². The number of benzene rings is 1. The summed E-state index contributed by atoms with van der Waals surface area (Å²) in [4.78, 5) is 23.8. The number of nitrogens with one attached hydrogen (secondary N) is 2. The standard InChI is InChI=1S/C16H22N2O5S/c1-3-9-16(2,15(20)21)17-14(19)11-5-4-6-13(10-11)24(22,23)18-12-7-8-12/h4-6,10,12,18H,3,7-9H2,1-2H3,(H,17,19)(H,20,21). The average molecular weight is 354 g/mol. The number of aliphatic carboxylic acids is 1. The van der Waals surface area contributed by atoms with Crippen molar-refractivity contribution in [1.82, 2.24) is 10.0 Å². The number of hydrogen-bond donors (Lipinski definition) is 3. The Bertz CT molecular complexity index is 743. The maximum Gasteiger partial charge on any atom is 0.329 e. The lowest BCUT2D eigenvalue weighted by Crippen LogP contribution is -2.52. The molecule has 1 atom stereocenters. The summed E-state index contributed by atoms with van der Waals surface area (Å²) < 4.78 is 27.0. The summed E-state index contributed by atoms with van der Waals surface area (Å²) in [6.07, 6.45) is 2.49. The van der Waals surface area contributed by atoms with Crippen LogP contribution in [0.5, 0.6) is 0 Å². The zero-order valence-corrected chi connectivity index (χ0v) is 14.5. The zero-order valence-electron chi connectivity index (χ0n) is 13.7. The van der Waals surface area contributed by atoms with Crippen LogP contribution in [0.2, 0.25) is 0 Å². The Labute approximate surface area is 141 Å². The Morgan fingerprint density at radius 3 is 2.54 bits per heavy atom. The van der Waals surface area contributed by atoms with Crippen LogP contribution in [-0.4, -0.2) is 37.0 Å². The van der Waals surface area contributed by atoms with E-state index in [-0.39, 0.29) is 22.9 Å². The molecule has 7 nitrogen and oxygen atoms in total. The van der Waals surface area contributed by atoms with Gasteiger partial charge in [0, 0.05) is 11.6 Å². The predicted molar refractivity (Wildman–Crippen MR) is 88.2 cm³/mol. The van der Waals surface area contributed by atoms with E-state index in [1.165, 1.54) is 31.2 Å². The first kappa shape index (κ1) is 18.4. The number of amides is 1. The molecule has 0 aliphatic heterocycles. The van der Waals surface area contributed by atoms with Gasteiger partial charge in [0.15, 0.2) is 0 Å². The van der Waals surface area contributed by atoms with Gasteiger partial charge >= 0.3 is 5.97 Å². The van der Waals surface area contributed by atoms with Gasteiger partial charge in [-0.15, -0.1) is 0 Å². The number of hydrogen-bond acceptors (Lipinski definition) is 4. The van der Waals surface area contributed by atoms with Crippen molar-refractivity contribution in [2.75, 3.05) is 0 Å². The summed E-state index contributed by atoms with van der Waals surface area (Å²) in [6, 6.07) is 5.55. The normalized spacial score (nSPS) is 17.1. The van der Waals surface area contributed by atoms with Crippen molar-refractivity contribution in [2.24, 2.45) is 0 Å². The van der Waals surface area contributed by atoms with Crippen molar-refractivity contribution in [3.8, 4) is 0 Å². The molecular formula is C16H22N2O5S. The van der Waals surface area contributed by atoms with Gasteiger partial charge in [-0.3, -0.25) is 4.79 Å². The van der Waals surface area contributed by atoms with Gasteiger partial charge in [-0.2, -0.15) is 0 Å². The quantitative estimate of drug-likeness (QED) is 0.655. The fourth-order valence-corrected chi connectivity index (χ4v) is 3.69. The second-order valence-electron chi connectivity index (χ2n) is 6.26. The molecular weight excluding hydrogens is 332 g/mol. The molecule has 132 valence electrons. The second kappa shape index (κ2) is 6.90. The fourth-order valence-electron chi connectivity index (χ4n) is 2.34. The SMILES string of the molecule is CCCC(C)(NC(=O)c1cccc(S(=O)(=O)NC2CC2)c1)C(=O)O. The molecule has 1 aliphatic rings. The molecule has 1 aromatic carbocycles. The van der Waals surface area contributed by atoms with Crippen molar-refractivity contribution >= 4 is 21.9 Å². The van der Waals surface area contributed by atoms with Crippen LogP contribution in [0.4, 0.5) is 0 Å². The second-order valence-corrected chi connectivity index (χ2v) is 7.98. The monoisotopic (exact) mass is 354 g/mol. The summed E-state index contributed by atoms with van der Waals surface area (Å²) >= 11 is 0. The van der Waals surface area contributed by atoms with Gasteiger partial charge in [-0.05, 0) is 44.4 Å². The van der Waals surface area contributed by atoms with Crippen molar-refractivity contribution in [3.05, 3.63) is 29.8 Å². The fraction of sp³-hybridized carbons (Fsp3) is 0.500. The van der Waals surface area contributed by atoms with Gasteiger partial charge < -0.3 is 10.4 Å². The maximum absolute atomic E-state index is 12.4. The third-order valence-corrected chi connectivity index (χ3v) is 5.44. The summed E-state index contributed by atoms with van der Waals surface area (Å²) in [5.74, 6) is -1.74. The molecule has 1 saturated carbocycles. The van der Waals surface area contributed by atoms with Crippen molar-refractivity contribution in [1.29, 1.82) is 0 Å². The molecule has 3 N–H and O–H groups in total. The molecule has 1 aromatic rings. The molecule has 1 unspecified atom stereocenters. The number of carbonyl (C=O) groups is 2. The summed E-state index contributed by atoms with van der Waals surface area (Å²) in [7, 11) is -3.67. The first-order valence-electron chi connectivity index (χ1n) is 7.86. The molecule has 2 rings (SSSR count). The highest BCUT2D eigenvalue weighted by atomic mass is 32.2. The number of carbonyl (C=O) groups excluding carboxylic acids is 1. The molecule has 1 aliphatic carbocycles. The molecule has 1 fully saturated rings. The average Bonchev–Trinajstić information content (AvgIpc) is 3.30. The van der Waals surface area contributed by atoms with E-state index in [2.05, 4.69) is 10.0 Å². The van der Waals surface area contributed by atoms with Crippen LogP contribution < -0.4 is 10.0 Å². The zero-order chi connectivity index (χ0) is 18.0. The van der Waals surface area contributed by atoms with Crippen LogP contribution in [0.3, 0.4) is 0 Å². The highest BCUT2D eigenvalue weighted by Crippen LogP contribution is 2.22. The Kier molecular flexibility index (Phi) is 5.29.